The Labute approximate surface area is 115 Å². The van der Waals surface area contributed by atoms with Crippen LogP contribution in [0.15, 0.2) is 37.3 Å². The highest BCUT2D eigenvalue weighted by Crippen LogP contribution is 2.10. The van der Waals surface area contributed by atoms with Crippen molar-refractivity contribution >= 4 is 17.1 Å². The van der Waals surface area contributed by atoms with Crippen molar-refractivity contribution in [1.82, 2.24) is 29.4 Å². The number of rotatable bonds is 4. The fourth-order valence-corrected chi connectivity index (χ4v) is 1.96. The highest BCUT2D eigenvalue weighted by molar-refractivity contribution is 5.96. The SMILES string of the molecule is Cn1cnc2cc(C(=O)NCCn3ccnc3)cnc21. The maximum atomic E-state index is 12.0. The van der Waals surface area contributed by atoms with E-state index >= 15 is 0 Å². The second kappa shape index (κ2) is 5.12. The van der Waals surface area contributed by atoms with Gasteiger partial charge in [0.25, 0.3) is 5.91 Å². The van der Waals surface area contributed by atoms with Gasteiger partial charge in [0.1, 0.15) is 5.52 Å². The molecular weight excluding hydrogens is 256 g/mol. The Morgan fingerprint density at radius 3 is 3.05 bits per heavy atom. The van der Waals surface area contributed by atoms with E-state index in [1.807, 2.05) is 22.4 Å². The van der Waals surface area contributed by atoms with Gasteiger partial charge in [-0.1, -0.05) is 0 Å². The van der Waals surface area contributed by atoms with Crippen molar-refractivity contribution in [3.8, 4) is 0 Å². The number of nitrogens with one attached hydrogen (secondary N) is 1. The summed E-state index contributed by atoms with van der Waals surface area (Å²) < 4.78 is 3.72. The minimum absolute atomic E-state index is 0.148. The van der Waals surface area contributed by atoms with Gasteiger partial charge in [0.15, 0.2) is 5.65 Å². The van der Waals surface area contributed by atoms with Crippen molar-refractivity contribution in [1.29, 1.82) is 0 Å². The fraction of sp³-hybridized carbons (Fsp3) is 0.231. The Balaban J connectivity index is 1.66. The predicted octanol–water partition coefficient (Wildman–Crippen LogP) is 0.595. The molecule has 1 N–H and O–H groups in total. The molecule has 7 heteroatoms. The number of hydrogen-bond donors (Lipinski definition) is 1. The number of imidazole rings is 2. The zero-order valence-corrected chi connectivity index (χ0v) is 11.0. The molecule has 0 aromatic carbocycles. The fourth-order valence-electron chi connectivity index (χ4n) is 1.96. The van der Waals surface area contributed by atoms with Crippen LogP contribution in [-0.4, -0.2) is 36.5 Å². The molecule has 3 rings (SSSR count). The highest BCUT2D eigenvalue weighted by atomic mass is 16.1. The average molecular weight is 270 g/mol. The Kier molecular flexibility index (Phi) is 3.16. The third-order valence-electron chi connectivity index (χ3n) is 3.03. The van der Waals surface area contributed by atoms with E-state index in [1.165, 1.54) is 0 Å². The minimum Gasteiger partial charge on any atom is -0.350 e. The lowest BCUT2D eigenvalue weighted by Crippen LogP contribution is -2.27. The molecule has 0 saturated heterocycles. The minimum atomic E-state index is -0.148. The lowest BCUT2D eigenvalue weighted by molar-refractivity contribution is 0.0952. The maximum absolute atomic E-state index is 12.0. The summed E-state index contributed by atoms with van der Waals surface area (Å²) in [5.74, 6) is -0.148. The number of amides is 1. The molecule has 0 aliphatic carbocycles. The summed E-state index contributed by atoms with van der Waals surface area (Å²) in [4.78, 5) is 24.4. The van der Waals surface area contributed by atoms with E-state index in [0.717, 1.165) is 11.2 Å². The van der Waals surface area contributed by atoms with E-state index in [2.05, 4.69) is 20.3 Å². The van der Waals surface area contributed by atoms with Gasteiger partial charge in [-0.2, -0.15) is 0 Å². The highest BCUT2D eigenvalue weighted by Gasteiger charge is 2.08. The van der Waals surface area contributed by atoms with Crippen LogP contribution in [0.3, 0.4) is 0 Å². The molecule has 0 fully saturated rings. The molecule has 0 aliphatic rings. The Hall–Kier alpha value is -2.70. The zero-order chi connectivity index (χ0) is 13.9. The van der Waals surface area contributed by atoms with Crippen LogP contribution in [0.2, 0.25) is 0 Å². The van der Waals surface area contributed by atoms with E-state index < -0.39 is 0 Å². The summed E-state index contributed by atoms with van der Waals surface area (Å²) >= 11 is 0. The summed E-state index contributed by atoms with van der Waals surface area (Å²) in [6.45, 7) is 1.22. The number of aryl methyl sites for hydroxylation is 1. The van der Waals surface area contributed by atoms with Gasteiger partial charge in [0.2, 0.25) is 0 Å². The average Bonchev–Trinajstić information content (AvgIpc) is 3.09. The van der Waals surface area contributed by atoms with Crippen molar-refractivity contribution in [2.45, 2.75) is 6.54 Å². The monoisotopic (exact) mass is 270 g/mol. The largest absolute Gasteiger partial charge is 0.350 e. The van der Waals surface area contributed by atoms with Crippen LogP contribution in [0.5, 0.6) is 0 Å². The number of hydrogen-bond acceptors (Lipinski definition) is 4. The number of nitrogens with zero attached hydrogens (tertiary/aromatic N) is 5. The van der Waals surface area contributed by atoms with Gasteiger partial charge in [-0.05, 0) is 6.07 Å². The van der Waals surface area contributed by atoms with Gasteiger partial charge in [-0.15, -0.1) is 0 Å². The maximum Gasteiger partial charge on any atom is 0.252 e. The van der Waals surface area contributed by atoms with Crippen LogP contribution in [0.4, 0.5) is 0 Å². The molecule has 102 valence electrons. The second-order valence-electron chi connectivity index (χ2n) is 4.48. The van der Waals surface area contributed by atoms with E-state index in [9.17, 15) is 4.79 Å². The topological polar surface area (TPSA) is 77.6 Å². The molecule has 3 heterocycles. The smallest absolute Gasteiger partial charge is 0.252 e. The summed E-state index contributed by atoms with van der Waals surface area (Å²) in [5.41, 5.74) is 2.00. The summed E-state index contributed by atoms with van der Waals surface area (Å²) in [6, 6.07) is 1.74. The number of pyridine rings is 1. The summed E-state index contributed by atoms with van der Waals surface area (Å²) in [5, 5.41) is 2.85. The molecule has 7 nitrogen and oxygen atoms in total. The molecule has 0 unspecified atom stereocenters. The van der Waals surface area contributed by atoms with Crippen molar-refractivity contribution < 1.29 is 4.79 Å². The zero-order valence-electron chi connectivity index (χ0n) is 11.0. The second-order valence-corrected chi connectivity index (χ2v) is 4.48. The van der Waals surface area contributed by atoms with Crippen molar-refractivity contribution in [2.24, 2.45) is 7.05 Å². The van der Waals surface area contributed by atoms with Gasteiger partial charge in [0.05, 0.1) is 18.2 Å². The van der Waals surface area contributed by atoms with Gasteiger partial charge < -0.3 is 14.5 Å². The quantitative estimate of drug-likeness (QED) is 0.753. The number of fused-ring (bicyclic) bond motifs is 1. The van der Waals surface area contributed by atoms with Crippen LogP contribution in [0.25, 0.3) is 11.2 Å². The predicted molar refractivity (Wildman–Crippen MR) is 73.1 cm³/mol. The van der Waals surface area contributed by atoms with Gasteiger partial charge in [-0.25, -0.2) is 15.0 Å². The molecule has 0 atom stereocenters. The van der Waals surface area contributed by atoms with E-state index in [-0.39, 0.29) is 5.91 Å². The lowest BCUT2D eigenvalue weighted by atomic mass is 10.2. The van der Waals surface area contributed by atoms with E-state index in [1.54, 1.807) is 31.1 Å². The Morgan fingerprint density at radius 2 is 2.25 bits per heavy atom. The Bertz CT molecular complexity index is 730. The molecular formula is C13H14N6O. The molecule has 0 saturated carbocycles. The molecule has 0 aliphatic heterocycles. The van der Waals surface area contributed by atoms with E-state index in [4.69, 9.17) is 0 Å². The third kappa shape index (κ3) is 2.37. The summed E-state index contributed by atoms with van der Waals surface area (Å²) in [6.07, 6.45) is 8.52. The summed E-state index contributed by atoms with van der Waals surface area (Å²) in [7, 11) is 1.87. The van der Waals surface area contributed by atoms with Crippen molar-refractivity contribution in [2.75, 3.05) is 6.54 Å². The molecule has 3 aromatic heterocycles. The number of carbonyl (C=O) groups is 1. The van der Waals surface area contributed by atoms with Gasteiger partial charge in [0, 0.05) is 38.7 Å². The first-order valence-electron chi connectivity index (χ1n) is 6.25. The first-order valence-corrected chi connectivity index (χ1v) is 6.25. The van der Waals surface area contributed by atoms with E-state index in [0.29, 0.717) is 18.7 Å². The first kappa shape index (κ1) is 12.3. The van der Waals surface area contributed by atoms with Crippen LogP contribution in [-0.2, 0) is 13.6 Å². The van der Waals surface area contributed by atoms with Gasteiger partial charge in [-0.3, -0.25) is 4.79 Å². The molecule has 0 radical (unpaired) electrons. The van der Waals surface area contributed by atoms with Crippen LogP contribution in [0.1, 0.15) is 10.4 Å². The lowest BCUT2D eigenvalue weighted by Gasteiger charge is -2.05. The van der Waals surface area contributed by atoms with Gasteiger partial charge >= 0.3 is 0 Å². The normalized spacial score (nSPS) is 10.8. The molecule has 0 spiro atoms. The van der Waals surface area contributed by atoms with Crippen molar-refractivity contribution in [3.05, 3.63) is 42.9 Å². The van der Waals surface area contributed by atoms with Crippen LogP contribution in [0, 0.1) is 0 Å². The number of carbonyl (C=O) groups excluding carboxylic acids is 1. The standard InChI is InChI=1S/C13H14N6O/c1-18-9-17-11-6-10(7-16-12(11)18)13(20)15-3-5-19-4-2-14-8-19/h2,4,6-9H,3,5H2,1H3,(H,15,20). The number of aromatic nitrogens is 5. The van der Waals surface area contributed by atoms with Crippen LogP contribution < -0.4 is 5.32 Å². The Morgan fingerprint density at radius 1 is 1.35 bits per heavy atom. The van der Waals surface area contributed by atoms with Crippen molar-refractivity contribution in [3.63, 3.8) is 0 Å². The van der Waals surface area contributed by atoms with Crippen LogP contribution >= 0.6 is 0 Å². The molecule has 0 bridgehead atoms. The third-order valence-corrected chi connectivity index (χ3v) is 3.03. The molecule has 3 aromatic rings. The molecule has 20 heavy (non-hydrogen) atoms. The molecule has 1 amide bonds. The first-order chi connectivity index (χ1) is 9.74.